The Kier molecular flexibility index (Phi) is 5.86. The van der Waals surface area contributed by atoms with Crippen molar-refractivity contribution in [3.05, 3.63) is 73.1 Å². The maximum Gasteiger partial charge on any atom is 0.322 e. The highest BCUT2D eigenvalue weighted by Gasteiger charge is 2.19. The van der Waals surface area contributed by atoms with E-state index in [-0.39, 0.29) is 11.8 Å². The van der Waals surface area contributed by atoms with Gasteiger partial charge in [-0.3, -0.25) is 10.1 Å². The average Bonchev–Trinajstić information content (AvgIpc) is 3.62. The van der Waals surface area contributed by atoms with Gasteiger partial charge in [0.15, 0.2) is 17.1 Å². The molecule has 7 rings (SSSR count). The number of halogens is 1. The van der Waals surface area contributed by atoms with E-state index in [0.717, 1.165) is 16.5 Å². The third-order valence-corrected chi connectivity index (χ3v) is 6.81. The SMILES string of the molecule is O=C(Nc1cncc(-c2cnc3[nH]nc(-c4nc5c(-c6ccccc6F)ccnc5[nH]4)c3c2)c1)N1CCOCC1. The van der Waals surface area contributed by atoms with E-state index in [1.54, 1.807) is 54.0 Å². The van der Waals surface area contributed by atoms with E-state index < -0.39 is 0 Å². The van der Waals surface area contributed by atoms with Crippen LogP contribution in [0.1, 0.15) is 0 Å². The molecule has 6 aromatic rings. The highest BCUT2D eigenvalue weighted by Crippen LogP contribution is 2.33. The van der Waals surface area contributed by atoms with Crippen molar-refractivity contribution < 1.29 is 13.9 Å². The van der Waals surface area contributed by atoms with E-state index in [1.165, 1.54) is 6.07 Å². The number of morpholine rings is 1. The largest absolute Gasteiger partial charge is 0.378 e. The van der Waals surface area contributed by atoms with Crippen LogP contribution in [0.5, 0.6) is 0 Å². The number of aromatic nitrogens is 7. The second-order valence-electron chi connectivity index (χ2n) is 9.31. The normalized spacial score (nSPS) is 13.7. The fraction of sp³-hybridized carbons (Fsp3) is 0.143. The Labute approximate surface area is 226 Å². The summed E-state index contributed by atoms with van der Waals surface area (Å²) in [6, 6.07) is 11.9. The molecule has 0 radical (unpaired) electrons. The molecule has 0 aliphatic carbocycles. The van der Waals surface area contributed by atoms with Gasteiger partial charge in [-0.2, -0.15) is 5.10 Å². The number of H-pyrrole nitrogens is 2. The summed E-state index contributed by atoms with van der Waals surface area (Å²) in [5.41, 5.74) is 5.38. The van der Waals surface area contributed by atoms with Gasteiger partial charge in [-0.25, -0.2) is 24.1 Å². The zero-order valence-electron chi connectivity index (χ0n) is 21.1. The van der Waals surface area contributed by atoms with Gasteiger partial charge in [0.05, 0.1) is 30.5 Å². The fourth-order valence-electron chi connectivity index (χ4n) is 4.80. The first-order chi connectivity index (χ1) is 19.6. The zero-order valence-corrected chi connectivity index (χ0v) is 21.1. The Bertz CT molecular complexity index is 1880. The van der Waals surface area contributed by atoms with Gasteiger partial charge in [-0.05, 0) is 24.3 Å². The van der Waals surface area contributed by atoms with Crippen molar-refractivity contribution in [1.82, 2.24) is 40.0 Å². The lowest BCUT2D eigenvalue weighted by Crippen LogP contribution is -2.43. The van der Waals surface area contributed by atoms with Crippen molar-refractivity contribution in [2.45, 2.75) is 0 Å². The number of anilines is 1. The second kappa shape index (κ2) is 9.82. The van der Waals surface area contributed by atoms with Crippen molar-refractivity contribution in [2.75, 3.05) is 31.6 Å². The first kappa shape index (κ1) is 23.9. The summed E-state index contributed by atoms with van der Waals surface area (Å²) >= 11 is 0. The summed E-state index contributed by atoms with van der Waals surface area (Å²) in [5.74, 6) is 0.136. The van der Waals surface area contributed by atoms with E-state index in [0.29, 0.717) is 71.4 Å². The van der Waals surface area contributed by atoms with Crippen LogP contribution >= 0.6 is 0 Å². The number of hydrogen-bond donors (Lipinski definition) is 3. The molecule has 0 saturated carbocycles. The maximum atomic E-state index is 14.6. The Balaban J connectivity index is 1.23. The van der Waals surface area contributed by atoms with E-state index in [1.807, 2.05) is 12.1 Å². The molecule has 40 heavy (non-hydrogen) atoms. The number of carbonyl (C=O) groups is 1. The monoisotopic (exact) mass is 535 g/mol. The van der Waals surface area contributed by atoms with E-state index in [4.69, 9.17) is 9.72 Å². The molecule has 0 unspecified atom stereocenters. The molecule has 3 N–H and O–H groups in total. The molecule has 11 nitrogen and oxygen atoms in total. The molecule has 0 spiro atoms. The number of aromatic amines is 2. The maximum absolute atomic E-state index is 14.6. The predicted octanol–water partition coefficient (Wildman–Crippen LogP) is 4.63. The van der Waals surface area contributed by atoms with Crippen LogP contribution < -0.4 is 5.32 Å². The number of carbonyl (C=O) groups excluding carboxylic acids is 1. The van der Waals surface area contributed by atoms with Gasteiger partial charge < -0.3 is 19.9 Å². The summed E-state index contributed by atoms with van der Waals surface area (Å²) in [4.78, 5) is 35.5. The van der Waals surface area contributed by atoms with Gasteiger partial charge in [0.1, 0.15) is 17.0 Å². The summed E-state index contributed by atoms with van der Waals surface area (Å²) in [6.07, 6.45) is 6.64. The lowest BCUT2D eigenvalue weighted by atomic mass is 10.1. The van der Waals surface area contributed by atoms with Crippen molar-refractivity contribution in [2.24, 2.45) is 0 Å². The molecule has 1 saturated heterocycles. The van der Waals surface area contributed by atoms with Crippen molar-refractivity contribution in [1.29, 1.82) is 0 Å². The zero-order chi connectivity index (χ0) is 27.1. The standard InChI is InChI=1S/C28H22FN9O2/c29-22-4-2-1-3-19(22)20-5-6-31-26-23(20)34-27(35-26)24-21-12-17(14-32-25(21)37-36-24)16-11-18(15-30-13-16)33-28(39)38-7-9-40-10-8-38/h1-6,11-15H,7-10H2,(H,33,39)(H,31,34,35)(H,32,36,37). The topological polar surface area (TPSA) is 138 Å². The van der Waals surface area contributed by atoms with E-state index in [2.05, 4.69) is 35.5 Å². The molecule has 12 heteroatoms. The number of imidazole rings is 1. The summed E-state index contributed by atoms with van der Waals surface area (Å²) in [5, 5.41) is 11.0. The molecule has 0 atom stereocenters. The van der Waals surface area contributed by atoms with Crippen LogP contribution in [0.2, 0.25) is 0 Å². The summed E-state index contributed by atoms with van der Waals surface area (Å²) in [6.45, 7) is 2.14. The molecule has 2 amide bonds. The number of fused-ring (bicyclic) bond motifs is 2. The van der Waals surface area contributed by atoms with Crippen LogP contribution in [0.25, 0.3) is 56.0 Å². The van der Waals surface area contributed by atoms with Gasteiger partial charge in [-0.1, -0.05) is 18.2 Å². The highest BCUT2D eigenvalue weighted by molar-refractivity contribution is 5.96. The summed E-state index contributed by atoms with van der Waals surface area (Å²) in [7, 11) is 0. The average molecular weight is 536 g/mol. The molecule has 198 valence electrons. The van der Waals surface area contributed by atoms with Gasteiger partial charge in [0.25, 0.3) is 0 Å². The van der Waals surface area contributed by atoms with E-state index >= 15 is 0 Å². The smallest absolute Gasteiger partial charge is 0.322 e. The minimum atomic E-state index is -0.337. The molecule has 1 fully saturated rings. The van der Waals surface area contributed by atoms with Gasteiger partial charge >= 0.3 is 6.03 Å². The van der Waals surface area contributed by atoms with Crippen LogP contribution in [-0.2, 0) is 4.74 Å². The molecule has 5 aromatic heterocycles. The number of urea groups is 1. The van der Waals surface area contributed by atoms with Gasteiger partial charge in [0.2, 0.25) is 0 Å². The molecule has 1 aliphatic heterocycles. The number of amides is 2. The molecule has 6 heterocycles. The Morgan fingerprint density at radius 2 is 1.82 bits per heavy atom. The van der Waals surface area contributed by atoms with Crippen LogP contribution in [-0.4, -0.2) is 72.4 Å². The Morgan fingerprint density at radius 1 is 0.975 bits per heavy atom. The quantitative estimate of drug-likeness (QED) is 0.299. The number of benzene rings is 1. The number of pyridine rings is 3. The Morgan fingerprint density at radius 3 is 2.70 bits per heavy atom. The van der Waals surface area contributed by atoms with Gasteiger partial charge in [0, 0.05) is 53.9 Å². The first-order valence-electron chi connectivity index (χ1n) is 12.7. The Hall–Kier alpha value is -5.23. The number of nitrogens with zero attached hydrogens (tertiary/aromatic N) is 6. The number of rotatable bonds is 4. The van der Waals surface area contributed by atoms with Crippen molar-refractivity contribution in [3.8, 4) is 33.8 Å². The van der Waals surface area contributed by atoms with Crippen LogP contribution in [0.15, 0.2) is 67.3 Å². The van der Waals surface area contributed by atoms with Crippen molar-refractivity contribution >= 4 is 33.9 Å². The number of hydrogen-bond acceptors (Lipinski definition) is 7. The molecule has 1 aliphatic rings. The van der Waals surface area contributed by atoms with Crippen LogP contribution in [0, 0.1) is 5.82 Å². The van der Waals surface area contributed by atoms with Crippen LogP contribution in [0.3, 0.4) is 0 Å². The third-order valence-electron chi connectivity index (χ3n) is 6.81. The predicted molar refractivity (Wildman–Crippen MR) is 147 cm³/mol. The minimum absolute atomic E-state index is 0.193. The lowest BCUT2D eigenvalue weighted by molar-refractivity contribution is 0.0564. The molecule has 0 bridgehead atoms. The fourth-order valence-corrected chi connectivity index (χ4v) is 4.80. The molecular formula is C28H22FN9O2. The highest BCUT2D eigenvalue weighted by atomic mass is 19.1. The van der Waals surface area contributed by atoms with E-state index in [9.17, 15) is 9.18 Å². The van der Waals surface area contributed by atoms with Crippen LogP contribution in [0.4, 0.5) is 14.9 Å². The number of nitrogens with one attached hydrogen (secondary N) is 3. The molecule has 1 aromatic carbocycles. The first-order valence-corrected chi connectivity index (χ1v) is 12.7. The minimum Gasteiger partial charge on any atom is -0.378 e. The number of ether oxygens (including phenoxy) is 1. The van der Waals surface area contributed by atoms with Crippen molar-refractivity contribution in [3.63, 3.8) is 0 Å². The van der Waals surface area contributed by atoms with Gasteiger partial charge in [-0.15, -0.1) is 0 Å². The second-order valence-corrected chi connectivity index (χ2v) is 9.31. The summed E-state index contributed by atoms with van der Waals surface area (Å²) < 4.78 is 19.9. The third kappa shape index (κ3) is 4.29. The lowest BCUT2D eigenvalue weighted by Gasteiger charge is -2.26. The molecular weight excluding hydrogens is 513 g/mol.